The van der Waals surface area contributed by atoms with E-state index in [0.29, 0.717) is 12.0 Å². The third-order valence-electron chi connectivity index (χ3n) is 2.84. The van der Waals surface area contributed by atoms with Crippen LogP contribution in [0.4, 0.5) is 0 Å². The fraction of sp³-hybridized carbons (Fsp3) is 0.750. The van der Waals surface area contributed by atoms with Crippen molar-refractivity contribution in [3.05, 3.63) is 18.2 Å². The van der Waals surface area contributed by atoms with E-state index in [1.165, 1.54) is 5.82 Å². The van der Waals surface area contributed by atoms with Gasteiger partial charge in [-0.1, -0.05) is 20.8 Å². The van der Waals surface area contributed by atoms with E-state index in [1.807, 2.05) is 13.2 Å². The van der Waals surface area contributed by atoms with E-state index >= 15 is 0 Å². The quantitative estimate of drug-likeness (QED) is 0.777. The summed E-state index contributed by atoms with van der Waals surface area (Å²) >= 11 is 0. The number of rotatable bonds is 6. The SMILES string of the molecule is CCCn1ccnc1CC(NC)C(C)C. The topological polar surface area (TPSA) is 29.9 Å². The summed E-state index contributed by atoms with van der Waals surface area (Å²) in [5, 5.41) is 3.36. The molecule has 86 valence electrons. The summed E-state index contributed by atoms with van der Waals surface area (Å²) in [5.74, 6) is 1.84. The van der Waals surface area contributed by atoms with Crippen LogP contribution in [0.5, 0.6) is 0 Å². The molecule has 1 atom stereocenters. The Hall–Kier alpha value is -0.830. The van der Waals surface area contributed by atoms with Gasteiger partial charge in [-0.05, 0) is 19.4 Å². The molecule has 15 heavy (non-hydrogen) atoms. The monoisotopic (exact) mass is 209 g/mol. The van der Waals surface area contributed by atoms with Gasteiger partial charge in [-0.25, -0.2) is 4.98 Å². The van der Waals surface area contributed by atoms with Crippen molar-refractivity contribution < 1.29 is 0 Å². The van der Waals surface area contributed by atoms with Crippen molar-refractivity contribution in [3.8, 4) is 0 Å². The molecule has 0 aliphatic rings. The van der Waals surface area contributed by atoms with Gasteiger partial charge in [-0.2, -0.15) is 0 Å². The molecule has 1 aromatic rings. The smallest absolute Gasteiger partial charge is 0.110 e. The fourth-order valence-corrected chi connectivity index (χ4v) is 1.84. The summed E-state index contributed by atoms with van der Waals surface area (Å²) in [7, 11) is 2.03. The second kappa shape index (κ2) is 5.91. The maximum absolute atomic E-state index is 4.43. The first-order valence-electron chi connectivity index (χ1n) is 5.86. The molecular formula is C12H23N3. The van der Waals surface area contributed by atoms with E-state index in [1.54, 1.807) is 0 Å². The van der Waals surface area contributed by atoms with E-state index in [4.69, 9.17) is 0 Å². The number of hydrogen-bond donors (Lipinski definition) is 1. The lowest BCUT2D eigenvalue weighted by Crippen LogP contribution is -2.33. The Balaban J connectivity index is 2.65. The molecular weight excluding hydrogens is 186 g/mol. The molecule has 3 nitrogen and oxygen atoms in total. The summed E-state index contributed by atoms with van der Waals surface area (Å²) in [6.07, 6.45) is 6.15. The van der Waals surface area contributed by atoms with Crippen molar-refractivity contribution in [1.82, 2.24) is 14.9 Å². The number of likely N-dealkylation sites (N-methyl/N-ethyl adjacent to an activating group) is 1. The van der Waals surface area contributed by atoms with Gasteiger partial charge in [0.1, 0.15) is 5.82 Å². The molecule has 1 unspecified atom stereocenters. The van der Waals surface area contributed by atoms with Gasteiger partial charge in [-0.15, -0.1) is 0 Å². The van der Waals surface area contributed by atoms with Crippen LogP contribution in [-0.2, 0) is 13.0 Å². The maximum Gasteiger partial charge on any atom is 0.110 e. The van der Waals surface area contributed by atoms with Crippen molar-refractivity contribution in [1.29, 1.82) is 0 Å². The zero-order valence-corrected chi connectivity index (χ0v) is 10.3. The molecule has 0 amide bonds. The molecule has 1 rings (SSSR count). The highest BCUT2D eigenvalue weighted by molar-refractivity contribution is 4.96. The Kier molecular flexibility index (Phi) is 4.82. The molecule has 0 saturated heterocycles. The van der Waals surface area contributed by atoms with Crippen LogP contribution in [0.15, 0.2) is 12.4 Å². The van der Waals surface area contributed by atoms with Gasteiger partial charge in [0.2, 0.25) is 0 Å². The van der Waals surface area contributed by atoms with Crippen molar-refractivity contribution in [3.63, 3.8) is 0 Å². The van der Waals surface area contributed by atoms with Crippen LogP contribution in [0.2, 0.25) is 0 Å². The van der Waals surface area contributed by atoms with E-state index in [0.717, 1.165) is 19.4 Å². The van der Waals surface area contributed by atoms with Gasteiger partial charge in [0.25, 0.3) is 0 Å². The van der Waals surface area contributed by atoms with E-state index in [9.17, 15) is 0 Å². The van der Waals surface area contributed by atoms with Crippen molar-refractivity contribution >= 4 is 0 Å². The van der Waals surface area contributed by atoms with E-state index in [2.05, 4.69) is 41.8 Å². The minimum absolute atomic E-state index is 0.517. The minimum Gasteiger partial charge on any atom is -0.335 e. The highest BCUT2D eigenvalue weighted by atomic mass is 15.1. The molecule has 0 aliphatic heterocycles. The molecule has 1 N–H and O–H groups in total. The number of aryl methyl sites for hydroxylation is 1. The lowest BCUT2D eigenvalue weighted by Gasteiger charge is -2.20. The molecule has 0 aromatic carbocycles. The molecule has 0 saturated carbocycles. The normalized spacial score (nSPS) is 13.4. The zero-order chi connectivity index (χ0) is 11.3. The van der Waals surface area contributed by atoms with Crippen molar-refractivity contribution in [2.75, 3.05) is 7.05 Å². The van der Waals surface area contributed by atoms with Crippen molar-refractivity contribution in [2.24, 2.45) is 5.92 Å². The largest absolute Gasteiger partial charge is 0.335 e. The molecule has 0 fully saturated rings. The highest BCUT2D eigenvalue weighted by Gasteiger charge is 2.14. The van der Waals surface area contributed by atoms with Crippen molar-refractivity contribution in [2.45, 2.75) is 46.2 Å². The van der Waals surface area contributed by atoms with Gasteiger partial charge in [0, 0.05) is 31.4 Å². The summed E-state index contributed by atoms with van der Waals surface area (Å²) in [6, 6.07) is 0.517. The maximum atomic E-state index is 4.43. The number of aromatic nitrogens is 2. The number of hydrogen-bond acceptors (Lipinski definition) is 2. The average molecular weight is 209 g/mol. The molecule has 0 aliphatic carbocycles. The van der Waals surface area contributed by atoms with Gasteiger partial charge in [0.05, 0.1) is 0 Å². The predicted octanol–water partition coefficient (Wildman–Crippen LogP) is 2.08. The summed E-state index contributed by atoms with van der Waals surface area (Å²) in [4.78, 5) is 4.43. The Morgan fingerprint density at radius 2 is 2.20 bits per heavy atom. The lowest BCUT2D eigenvalue weighted by atomic mass is 10.0. The number of nitrogens with one attached hydrogen (secondary N) is 1. The minimum atomic E-state index is 0.517. The predicted molar refractivity (Wildman–Crippen MR) is 63.9 cm³/mol. The van der Waals surface area contributed by atoms with Crippen LogP contribution in [-0.4, -0.2) is 22.6 Å². The van der Waals surface area contributed by atoms with Gasteiger partial charge < -0.3 is 9.88 Å². The van der Waals surface area contributed by atoms with Crippen LogP contribution in [0, 0.1) is 5.92 Å². The van der Waals surface area contributed by atoms with E-state index < -0.39 is 0 Å². The third-order valence-corrected chi connectivity index (χ3v) is 2.84. The first-order valence-corrected chi connectivity index (χ1v) is 5.86. The van der Waals surface area contributed by atoms with Gasteiger partial charge in [-0.3, -0.25) is 0 Å². The zero-order valence-electron chi connectivity index (χ0n) is 10.3. The number of nitrogens with zero attached hydrogens (tertiary/aromatic N) is 2. The van der Waals surface area contributed by atoms with Gasteiger partial charge >= 0.3 is 0 Å². The van der Waals surface area contributed by atoms with Crippen LogP contribution in [0.1, 0.15) is 33.0 Å². The highest BCUT2D eigenvalue weighted by Crippen LogP contribution is 2.09. The lowest BCUT2D eigenvalue weighted by molar-refractivity contribution is 0.411. The number of imidazole rings is 1. The molecule has 0 radical (unpaired) electrons. The Bertz CT molecular complexity index is 278. The molecule has 0 bridgehead atoms. The van der Waals surface area contributed by atoms with E-state index in [-0.39, 0.29) is 0 Å². The van der Waals surface area contributed by atoms with Crippen LogP contribution >= 0.6 is 0 Å². The first kappa shape index (κ1) is 12.2. The third kappa shape index (κ3) is 3.34. The summed E-state index contributed by atoms with van der Waals surface area (Å²) in [6.45, 7) is 7.76. The van der Waals surface area contributed by atoms with Crippen LogP contribution in [0.3, 0.4) is 0 Å². The molecule has 1 aromatic heterocycles. The first-order chi connectivity index (χ1) is 7.19. The Labute approximate surface area is 92.9 Å². The summed E-state index contributed by atoms with van der Waals surface area (Å²) < 4.78 is 2.26. The standard InChI is InChI=1S/C12H23N3/c1-5-7-15-8-6-14-12(15)9-11(13-4)10(2)3/h6,8,10-11,13H,5,7,9H2,1-4H3. The molecule has 3 heteroatoms. The average Bonchev–Trinajstić information content (AvgIpc) is 2.62. The van der Waals surface area contributed by atoms with Gasteiger partial charge in [0.15, 0.2) is 0 Å². The fourth-order valence-electron chi connectivity index (χ4n) is 1.84. The molecule has 0 spiro atoms. The van der Waals surface area contributed by atoms with Crippen LogP contribution in [0.25, 0.3) is 0 Å². The second-order valence-corrected chi connectivity index (χ2v) is 4.38. The molecule has 1 heterocycles. The Morgan fingerprint density at radius 3 is 2.73 bits per heavy atom. The second-order valence-electron chi connectivity index (χ2n) is 4.38. The summed E-state index contributed by atoms with van der Waals surface area (Å²) in [5.41, 5.74) is 0. The van der Waals surface area contributed by atoms with Crippen LogP contribution < -0.4 is 5.32 Å². The Morgan fingerprint density at radius 1 is 1.47 bits per heavy atom.